The second-order valence-electron chi connectivity index (χ2n) is 3.22. The molecular formula is C9H19NO3. The van der Waals surface area contributed by atoms with Crippen molar-refractivity contribution < 1.29 is 14.2 Å². The Balaban J connectivity index is 2.09. The summed E-state index contributed by atoms with van der Waals surface area (Å²) in [6.07, 6.45) is 2.17. The van der Waals surface area contributed by atoms with E-state index in [1.807, 2.05) is 0 Å². The molecule has 0 amide bonds. The highest BCUT2D eigenvalue weighted by Gasteiger charge is 2.14. The molecular weight excluding hydrogens is 170 g/mol. The van der Waals surface area contributed by atoms with Crippen molar-refractivity contribution in [2.24, 2.45) is 0 Å². The summed E-state index contributed by atoms with van der Waals surface area (Å²) in [6, 6.07) is 0.460. The van der Waals surface area contributed by atoms with Gasteiger partial charge in [-0.3, -0.25) is 0 Å². The van der Waals surface area contributed by atoms with Crippen LogP contribution < -0.4 is 5.32 Å². The zero-order valence-corrected chi connectivity index (χ0v) is 8.41. The van der Waals surface area contributed by atoms with Gasteiger partial charge in [-0.15, -0.1) is 0 Å². The zero-order valence-electron chi connectivity index (χ0n) is 8.41. The lowest BCUT2D eigenvalue weighted by Gasteiger charge is -2.24. The third-order valence-corrected chi connectivity index (χ3v) is 2.26. The van der Waals surface area contributed by atoms with E-state index in [0.29, 0.717) is 6.04 Å². The van der Waals surface area contributed by atoms with Crippen LogP contribution in [0.25, 0.3) is 0 Å². The lowest BCUT2D eigenvalue weighted by molar-refractivity contribution is -0.101. The van der Waals surface area contributed by atoms with Gasteiger partial charge in [-0.25, -0.2) is 0 Å². The van der Waals surface area contributed by atoms with Gasteiger partial charge in [0, 0.05) is 33.4 Å². The van der Waals surface area contributed by atoms with Crippen molar-refractivity contribution in [3.63, 3.8) is 0 Å². The molecule has 0 aromatic heterocycles. The molecule has 1 rings (SSSR count). The van der Waals surface area contributed by atoms with Crippen LogP contribution in [0, 0.1) is 0 Å². The Bertz CT molecular complexity index is 122. The van der Waals surface area contributed by atoms with Crippen molar-refractivity contribution in [1.29, 1.82) is 0 Å². The minimum atomic E-state index is -0.151. The van der Waals surface area contributed by atoms with Gasteiger partial charge in [0.05, 0.1) is 6.61 Å². The van der Waals surface area contributed by atoms with Crippen molar-refractivity contribution in [3.8, 4) is 0 Å². The Labute approximate surface area is 79.5 Å². The minimum absolute atomic E-state index is 0.151. The van der Waals surface area contributed by atoms with Gasteiger partial charge in [-0.05, 0) is 12.8 Å². The molecule has 1 aliphatic heterocycles. The molecule has 0 aromatic rings. The lowest BCUT2D eigenvalue weighted by atomic mass is 10.1. The molecule has 4 heteroatoms. The number of rotatable bonds is 5. The molecule has 0 aromatic carbocycles. The molecule has 1 aliphatic rings. The van der Waals surface area contributed by atoms with Crippen LogP contribution in [0.1, 0.15) is 12.8 Å². The maximum atomic E-state index is 5.34. The summed E-state index contributed by atoms with van der Waals surface area (Å²) in [5.74, 6) is 0. The topological polar surface area (TPSA) is 39.7 Å². The highest BCUT2D eigenvalue weighted by Crippen LogP contribution is 2.05. The first-order chi connectivity index (χ1) is 6.36. The molecule has 1 N–H and O–H groups in total. The minimum Gasteiger partial charge on any atom is -0.380 e. The van der Waals surface area contributed by atoms with Gasteiger partial charge >= 0.3 is 0 Å². The van der Waals surface area contributed by atoms with E-state index in [0.717, 1.165) is 26.2 Å². The maximum Gasteiger partial charge on any atom is 0.169 e. The van der Waals surface area contributed by atoms with Gasteiger partial charge in [0.2, 0.25) is 0 Å². The van der Waals surface area contributed by atoms with Crippen LogP contribution in [0.15, 0.2) is 0 Å². The summed E-state index contributed by atoms with van der Waals surface area (Å²) in [5.41, 5.74) is 0. The maximum absolute atomic E-state index is 5.34. The van der Waals surface area contributed by atoms with Crippen molar-refractivity contribution in [3.05, 3.63) is 0 Å². The highest BCUT2D eigenvalue weighted by molar-refractivity contribution is 4.70. The molecule has 0 spiro atoms. The molecule has 0 bridgehead atoms. The smallest absolute Gasteiger partial charge is 0.169 e. The third kappa shape index (κ3) is 4.04. The normalized spacial score (nSPS) is 23.8. The summed E-state index contributed by atoms with van der Waals surface area (Å²) in [4.78, 5) is 0. The first-order valence-corrected chi connectivity index (χ1v) is 4.73. The summed E-state index contributed by atoms with van der Waals surface area (Å²) < 4.78 is 15.5. The van der Waals surface area contributed by atoms with Gasteiger partial charge < -0.3 is 19.5 Å². The van der Waals surface area contributed by atoms with Gasteiger partial charge in [0.1, 0.15) is 0 Å². The second-order valence-corrected chi connectivity index (χ2v) is 3.22. The van der Waals surface area contributed by atoms with Crippen LogP contribution in [0.4, 0.5) is 0 Å². The fraction of sp³-hybridized carbons (Fsp3) is 1.00. The van der Waals surface area contributed by atoms with E-state index in [9.17, 15) is 0 Å². The van der Waals surface area contributed by atoms with E-state index in [-0.39, 0.29) is 6.29 Å². The van der Waals surface area contributed by atoms with E-state index in [2.05, 4.69) is 5.32 Å². The Morgan fingerprint density at radius 2 is 2.23 bits per heavy atom. The quantitative estimate of drug-likeness (QED) is 0.634. The van der Waals surface area contributed by atoms with Crippen LogP contribution in [-0.2, 0) is 14.2 Å². The number of ether oxygens (including phenoxy) is 3. The monoisotopic (exact) mass is 189 g/mol. The SMILES string of the molecule is COC(CNC1CCCOC1)OC. The number of nitrogens with one attached hydrogen (secondary N) is 1. The Kier molecular flexibility index (Phi) is 5.31. The van der Waals surface area contributed by atoms with Gasteiger partial charge in [0.25, 0.3) is 0 Å². The summed E-state index contributed by atoms with van der Waals surface area (Å²) in [5, 5.41) is 3.35. The molecule has 0 saturated carbocycles. The average molecular weight is 189 g/mol. The Hall–Kier alpha value is -0.160. The lowest BCUT2D eigenvalue weighted by Crippen LogP contribution is -2.41. The summed E-state index contributed by atoms with van der Waals surface area (Å²) in [7, 11) is 3.29. The Morgan fingerprint density at radius 1 is 1.46 bits per heavy atom. The molecule has 1 saturated heterocycles. The number of methoxy groups -OCH3 is 2. The molecule has 13 heavy (non-hydrogen) atoms. The third-order valence-electron chi connectivity index (χ3n) is 2.26. The van der Waals surface area contributed by atoms with Crippen LogP contribution in [-0.4, -0.2) is 46.3 Å². The summed E-state index contributed by atoms with van der Waals surface area (Å²) >= 11 is 0. The van der Waals surface area contributed by atoms with Crippen molar-refractivity contribution in [2.75, 3.05) is 34.0 Å². The molecule has 78 valence electrons. The van der Waals surface area contributed by atoms with Crippen molar-refractivity contribution >= 4 is 0 Å². The van der Waals surface area contributed by atoms with Gasteiger partial charge in [0.15, 0.2) is 6.29 Å². The Morgan fingerprint density at radius 3 is 2.77 bits per heavy atom. The predicted octanol–water partition coefficient (Wildman–Crippen LogP) is 0.374. The highest BCUT2D eigenvalue weighted by atomic mass is 16.7. The fourth-order valence-electron chi connectivity index (χ4n) is 1.43. The zero-order chi connectivity index (χ0) is 9.52. The molecule has 0 radical (unpaired) electrons. The fourth-order valence-corrected chi connectivity index (χ4v) is 1.43. The average Bonchev–Trinajstić information content (AvgIpc) is 2.21. The first-order valence-electron chi connectivity index (χ1n) is 4.73. The molecule has 4 nitrogen and oxygen atoms in total. The van der Waals surface area contributed by atoms with Crippen LogP contribution in [0.3, 0.4) is 0 Å². The molecule has 1 unspecified atom stereocenters. The first kappa shape index (κ1) is 10.9. The van der Waals surface area contributed by atoms with Crippen molar-refractivity contribution in [2.45, 2.75) is 25.2 Å². The molecule has 1 fully saturated rings. The van der Waals surface area contributed by atoms with E-state index in [4.69, 9.17) is 14.2 Å². The predicted molar refractivity (Wildman–Crippen MR) is 49.6 cm³/mol. The van der Waals surface area contributed by atoms with E-state index >= 15 is 0 Å². The number of hydrogen-bond acceptors (Lipinski definition) is 4. The molecule has 0 aliphatic carbocycles. The standard InChI is InChI=1S/C9H19NO3/c1-11-9(12-2)6-10-8-4-3-5-13-7-8/h8-10H,3-7H2,1-2H3. The van der Waals surface area contributed by atoms with E-state index in [1.54, 1.807) is 14.2 Å². The van der Waals surface area contributed by atoms with Gasteiger partial charge in [-0.1, -0.05) is 0 Å². The molecule has 1 heterocycles. The largest absolute Gasteiger partial charge is 0.380 e. The van der Waals surface area contributed by atoms with Gasteiger partial charge in [-0.2, -0.15) is 0 Å². The summed E-state index contributed by atoms with van der Waals surface area (Å²) in [6.45, 7) is 2.43. The molecule has 1 atom stereocenters. The van der Waals surface area contributed by atoms with Crippen LogP contribution in [0.2, 0.25) is 0 Å². The van der Waals surface area contributed by atoms with Crippen LogP contribution >= 0.6 is 0 Å². The second kappa shape index (κ2) is 6.32. The van der Waals surface area contributed by atoms with E-state index in [1.165, 1.54) is 6.42 Å². The number of hydrogen-bond donors (Lipinski definition) is 1. The van der Waals surface area contributed by atoms with Crippen molar-refractivity contribution in [1.82, 2.24) is 5.32 Å². The van der Waals surface area contributed by atoms with E-state index < -0.39 is 0 Å². The van der Waals surface area contributed by atoms with Crippen LogP contribution in [0.5, 0.6) is 0 Å².